The molecule has 2 N–H and O–H groups in total. The van der Waals surface area contributed by atoms with Crippen LogP contribution >= 0.6 is 0 Å². The second-order valence-corrected chi connectivity index (χ2v) is 5.94. The third-order valence-electron chi connectivity index (χ3n) is 4.27. The van der Waals surface area contributed by atoms with E-state index in [9.17, 15) is 4.79 Å². The summed E-state index contributed by atoms with van der Waals surface area (Å²) in [4.78, 5) is 14.9. The van der Waals surface area contributed by atoms with Gasteiger partial charge in [0.15, 0.2) is 0 Å². The van der Waals surface area contributed by atoms with Crippen LogP contribution in [0, 0.1) is 0 Å². The summed E-state index contributed by atoms with van der Waals surface area (Å²) >= 11 is 0. The van der Waals surface area contributed by atoms with Crippen LogP contribution in [0.15, 0.2) is 42.7 Å². The first-order chi connectivity index (χ1) is 11.2. The molecule has 1 aromatic carbocycles. The number of aryl methyl sites for hydroxylation is 1. The molecule has 1 aliphatic heterocycles. The van der Waals surface area contributed by atoms with Crippen molar-refractivity contribution in [2.75, 3.05) is 25.0 Å². The lowest BCUT2D eigenvalue weighted by Crippen LogP contribution is -2.43. The first kappa shape index (κ1) is 15.6. The Bertz CT molecular complexity index is 654. The third-order valence-corrected chi connectivity index (χ3v) is 4.27. The van der Waals surface area contributed by atoms with Gasteiger partial charge in [0.1, 0.15) is 6.04 Å². The Kier molecular flexibility index (Phi) is 4.62. The van der Waals surface area contributed by atoms with E-state index in [1.165, 1.54) is 5.69 Å². The fourth-order valence-electron chi connectivity index (χ4n) is 3.07. The highest BCUT2D eigenvalue weighted by Gasteiger charge is 2.27. The molecule has 23 heavy (non-hydrogen) atoms. The van der Waals surface area contributed by atoms with Gasteiger partial charge in [-0.1, -0.05) is 18.2 Å². The van der Waals surface area contributed by atoms with Crippen molar-refractivity contribution in [3.63, 3.8) is 0 Å². The number of hydrogen-bond donors (Lipinski definition) is 2. The number of likely N-dealkylation sites (N-methyl/N-ethyl adjacent to an activating group) is 1. The van der Waals surface area contributed by atoms with Gasteiger partial charge in [-0.15, -0.1) is 0 Å². The van der Waals surface area contributed by atoms with E-state index in [0.29, 0.717) is 0 Å². The predicted molar refractivity (Wildman–Crippen MR) is 90.2 cm³/mol. The molecule has 1 saturated heterocycles. The molecule has 3 rings (SSSR count). The molecule has 0 radical (unpaired) electrons. The Morgan fingerprint density at radius 3 is 2.78 bits per heavy atom. The molecule has 6 nitrogen and oxygen atoms in total. The Morgan fingerprint density at radius 1 is 1.35 bits per heavy atom. The molecule has 2 heterocycles. The number of anilines is 1. The number of aromatic nitrogens is 2. The zero-order valence-corrected chi connectivity index (χ0v) is 13.6. The molecule has 1 aliphatic rings. The number of para-hydroxylation sites is 1. The highest BCUT2D eigenvalue weighted by atomic mass is 16.2. The average molecular weight is 313 g/mol. The summed E-state index contributed by atoms with van der Waals surface area (Å²) in [6.45, 7) is 1.81. The van der Waals surface area contributed by atoms with Gasteiger partial charge in [-0.3, -0.25) is 9.48 Å². The van der Waals surface area contributed by atoms with Gasteiger partial charge in [0, 0.05) is 43.6 Å². The number of nitrogens with one attached hydrogen (secondary N) is 2. The predicted octanol–water partition coefficient (Wildman–Crippen LogP) is 1.08. The van der Waals surface area contributed by atoms with E-state index in [1.54, 1.807) is 17.9 Å². The van der Waals surface area contributed by atoms with Crippen molar-refractivity contribution in [2.24, 2.45) is 7.05 Å². The van der Waals surface area contributed by atoms with Gasteiger partial charge in [-0.25, -0.2) is 0 Å². The maximum atomic E-state index is 12.6. The van der Waals surface area contributed by atoms with Crippen molar-refractivity contribution in [1.29, 1.82) is 0 Å². The Hall–Kier alpha value is -2.34. The number of benzene rings is 1. The second kappa shape index (κ2) is 6.83. The Morgan fingerprint density at radius 2 is 2.13 bits per heavy atom. The summed E-state index contributed by atoms with van der Waals surface area (Å²) in [6, 6.07) is 10.1. The molecule has 0 bridgehead atoms. The van der Waals surface area contributed by atoms with Crippen LogP contribution in [0.2, 0.25) is 0 Å². The fourth-order valence-corrected chi connectivity index (χ4v) is 3.07. The van der Waals surface area contributed by atoms with Crippen LogP contribution < -0.4 is 15.5 Å². The van der Waals surface area contributed by atoms with Crippen molar-refractivity contribution in [3.8, 4) is 0 Å². The van der Waals surface area contributed by atoms with Gasteiger partial charge in [-0.2, -0.15) is 5.10 Å². The number of amides is 1. The van der Waals surface area contributed by atoms with Crippen LogP contribution in [0.4, 0.5) is 5.69 Å². The number of carbonyl (C=O) groups is 1. The highest BCUT2D eigenvalue weighted by molar-refractivity contribution is 5.83. The van der Waals surface area contributed by atoms with E-state index in [1.807, 2.05) is 31.4 Å². The maximum absolute atomic E-state index is 12.6. The molecule has 1 amide bonds. The summed E-state index contributed by atoms with van der Waals surface area (Å²) in [5.74, 6) is 0.000381. The summed E-state index contributed by atoms with van der Waals surface area (Å²) in [5.41, 5.74) is 2.09. The molecule has 0 aliphatic carbocycles. The van der Waals surface area contributed by atoms with Crippen molar-refractivity contribution < 1.29 is 4.79 Å². The average Bonchev–Trinajstić information content (AvgIpc) is 3.18. The van der Waals surface area contributed by atoms with Crippen molar-refractivity contribution in [1.82, 2.24) is 20.4 Å². The standard InChI is InChI=1S/C17H23N5O/c1-18-16(13-10-19-21(2)11-13)17(23)20-14-8-9-22(12-14)15-6-4-3-5-7-15/h3-7,10-11,14,16,18H,8-9,12H2,1-2H3,(H,20,23). The topological polar surface area (TPSA) is 62.2 Å². The molecule has 1 aromatic heterocycles. The first-order valence-corrected chi connectivity index (χ1v) is 7.93. The molecular formula is C17H23N5O. The molecule has 122 valence electrons. The van der Waals surface area contributed by atoms with Crippen molar-refractivity contribution in [3.05, 3.63) is 48.3 Å². The Balaban J connectivity index is 1.60. The zero-order valence-electron chi connectivity index (χ0n) is 13.6. The zero-order chi connectivity index (χ0) is 16.2. The fraction of sp³-hybridized carbons (Fsp3) is 0.412. The van der Waals surface area contributed by atoms with Crippen molar-refractivity contribution >= 4 is 11.6 Å². The summed E-state index contributed by atoms with van der Waals surface area (Å²) in [6.07, 6.45) is 4.56. The second-order valence-electron chi connectivity index (χ2n) is 5.94. The minimum absolute atomic E-state index is 0.000381. The van der Waals surface area contributed by atoms with Crippen LogP contribution in [-0.4, -0.2) is 41.9 Å². The SMILES string of the molecule is CNC(C(=O)NC1CCN(c2ccccc2)C1)c1cnn(C)c1. The Labute approximate surface area is 136 Å². The monoisotopic (exact) mass is 313 g/mol. The summed E-state index contributed by atoms with van der Waals surface area (Å²) in [7, 11) is 3.64. The minimum Gasteiger partial charge on any atom is -0.369 e. The molecular weight excluding hydrogens is 290 g/mol. The molecule has 2 atom stereocenters. The first-order valence-electron chi connectivity index (χ1n) is 7.93. The van der Waals surface area contributed by atoms with E-state index in [4.69, 9.17) is 0 Å². The van der Waals surface area contributed by atoms with Gasteiger partial charge in [-0.05, 0) is 25.6 Å². The van der Waals surface area contributed by atoms with Gasteiger partial charge < -0.3 is 15.5 Å². The van der Waals surface area contributed by atoms with E-state index in [-0.39, 0.29) is 18.0 Å². The summed E-state index contributed by atoms with van der Waals surface area (Å²) in [5, 5.41) is 10.4. The third kappa shape index (κ3) is 3.53. The molecule has 2 unspecified atom stereocenters. The maximum Gasteiger partial charge on any atom is 0.242 e. The van der Waals surface area contributed by atoms with E-state index in [2.05, 4.69) is 32.8 Å². The van der Waals surface area contributed by atoms with Gasteiger partial charge in [0.05, 0.1) is 6.20 Å². The van der Waals surface area contributed by atoms with Gasteiger partial charge in [0.2, 0.25) is 5.91 Å². The van der Waals surface area contributed by atoms with Crippen LogP contribution in [0.3, 0.4) is 0 Å². The molecule has 0 saturated carbocycles. The van der Waals surface area contributed by atoms with Crippen LogP contribution in [0.5, 0.6) is 0 Å². The van der Waals surface area contributed by atoms with Crippen LogP contribution in [0.25, 0.3) is 0 Å². The summed E-state index contributed by atoms with van der Waals surface area (Å²) < 4.78 is 1.71. The molecule has 6 heteroatoms. The quantitative estimate of drug-likeness (QED) is 0.867. The van der Waals surface area contributed by atoms with E-state index < -0.39 is 0 Å². The molecule has 0 spiro atoms. The normalized spacial score (nSPS) is 18.9. The lowest BCUT2D eigenvalue weighted by Gasteiger charge is -2.21. The lowest BCUT2D eigenvalue weighted by molar-refractivity contribution is -0.123. The van der Waals surface area contributed by atoms with E-state index in [0.717, 1.165) is 25.1 Å². The van der Waals surface area contributed by atoms with Gasteiger partial charge in [0.25, 0.3) is 0 Å². The van der Waals surface area contributed by atoms with Crippen LogP contribution in [-0.2, 0) is 11.8 Å². The van der Waals surface area contributed by atoms with Gasteiger partial charge >= 0.3 is 0 Å². The van der Waals surface area contributed by atoms with Crippen molar-refractivity contribution in [2.45, 2.75) is 18.5 Å². The number of nitrogens with zero attached hydrogens (tertiary/aromatic N) is 3. The lowest BCUT2D eigenvalue weighted by atomic mass is 10.1. The highest BCUT2D eigenvalue weighted by Crippen LogP contribution is 2.20. The number of hydrogen-bond acceptors (Lipinski definition) is 4. The smallest absolute Gasteiger partial charge is 0.242 e. The number of carbonyl (C=O) groups excluding carboxylic acids is 1. The van der Waals surface area contributed by atoms with Crippen LogP contribution in [0.1, 0.15) is 18.0 Å². The largest absolute Gasteiger partial charge is 0.369 e. The molecule has 1 fully saturated rings. The van der Waals surface area contributed by atoms with E-state index >= 15 is 0 Å². The minimum atomic E-state index is -0.366. The number of rotatable bonds is 5. The molecule has 2 aromatic rings.